The SMILES string of the molecule is CC(=O)N1CCC[C@H]1C(=O)N[C@@H](CC(C)C)C(=O)C[C@@H](Cc1cncn1Cc1ccccc1)C(=O)N[C@@H](CO)C(=O)C[C@H](C(N)=O)[C@@H](C)OP(=O)(O)OCCO. The fourth-order valence-corrected chi connectivity index (χ4v) is 7.55. The minimum absolute atomic E-state index is 0.0335. The minimum Gasteiger partial charge on any atom is -0.394 e. The second-order valence-electron chi connectivity index (χ2n) is 14.4. The number of imidazole rings is 1. The molecule has 0 bridgehead atoms. The highest BCUT2D eigenvalue weighted by atomic mass is 31.2. The van der Waals surface area contributed by atoms with Gasteiger partial charge in [0.1, 0.15) is 12.1 Å². The number of benzene rings is 1. The lowest BCUT2D eigenvalue weighted by atomic mass is 9.89. The molecule has 56 heavy (non-hydrogen) atoms. The number of ketones is 2. The van der Waals surface area contributed by atoms with Gasteiger partial charge in [0.2, 0.25) is 23.6 Å². The molecule has 19 heteroatoms. The number of hydrogen-bond acceptors (Lipinski definition) is 12. The number of nitrogens with one attached hydrogen (secondary N) is 2. The number of phosphoric acid groups is 1. The van der Waals surface area contributed by atoms with Gasteiger partial charge in [-0.25, -0.2) is 9.55 Å². The molecule has 1 aromatic carbocycles. The first-order chi connectivity index (χ1) is 26.5. The first-order valence-electron chi connectivity index (χ1n) is 18.6. The van der Waals surface area contributed by atoms with E-state index in [1.165, 1.54) is 18.7 Å². The van der Waals surface area contributed by atoms with Crippen LogP contribution in [0.15, 0.2) is 42.9 Å². The largest absolute Gasteiger partial charge is 0.472 e. The van der Waals surface area contributed by atoms with Gasteiger partial charge >= 0.3 is 7.82 Å². The summed E-state index contributed by atoms with van der Waals surface area (Å²) in [6.07, 6.45) is 1.89. The number of primary amides is 1. The van der Waals surface area contributed by atoms with Crippen LogP contribution in [0.4, 0.5) is 0 Å². The van der Waals surface area contributed by atoms with Crippen molar-refractivity contribution in [3.63, 3.8) is 0 Å². The van der Waals surface area contributed by atoms with Crippen molar-refractivity contribution >= 4 is 43.0 Å². The number of amides is 4. The molecule has 0 saturated carbocycles. The molecule has 2 heterocycles. The molecule has 1 unspecified atom stereocenters. The number of nitrogens with two attached hydrogens (primary N) is 1. The summed E-state index contributed by atoms with van der Waals surface area (Å²) < 4.78 is 23.6. The Morgan fingerprint density at radius 1 is 1.02 bits per heavy atom. The topological polar surface area (TPSA) is 270 Å². The minimum atomic E-state index is -4.76. The van der Waals surface area contributed by atoms with Gasteiger partial charge in [-0.05, 0) is 37.7 Å². The van der Waals surface area contributed by atoms with E-state index in [2.05, 4.69) is 20.1 Å². The van der Waals surface area contributed by atoms with E-state index in [1.54, 1.807) is 12.5 Å². The number of aliphatic hydroxyl groups is 2. The summed E-state index contributed by atoms with van der Waals surface area (Å²) in [5, 5.41) is 24.4. The number of aliphatic hydroxyl groups excluding tert-OH is 2. The second-order valence-corrected chi connectivity index (χ2v) is 15.8. The Kier molecular flexibility index (Phi) is 18.0. The Bertz CT molecular complexity index is 1710. The van der Waals surface area contributed by atoms with E-state index in [0.717, 1.165) is 5.56 Å². The fraction of sp³-hybridized carbons (Fsp3) is 0.595. The third-order valence-corrected chi connectivity index (χ3v) is 10.6. The lowest BCUT2D eigenvalue weighted by molar-refractivity contribution is -0.138. The molecule has 4 amide bonds. The zero-order valence-corrected chi connectivity index (χ0v) is 33.1. The van der Waals surface area contributed by atoms with Crippen molar-refractivity contribution in [1.29, 1.82) is 0 Å². The number of Topliss-reactive ketones (excluding diaryl/α,β-unsaturated/α-hetero) is 2. The van der Waals surface area contributed by atoms with E-state index in [9.17, 15) is 43.3 Å². The molecule has 1 aromatic heterocycles. The number of likely N-dealkylation sites (tertiary alicyclic amines) is 1. The number of hydrogen-bond donors (Lipinski definition) is 6. The van der Waals surface area contributed by atoms with Gasteiger partial charge in [-0.15, -0.1) is 0 Å². The Morgan fingerprint density at radius 2 is 1.70 bits per heavy atom. The van der Waals surface area contributed by atoms with Crippen LogP contribution in [0.25, 0.3) is 0 Å². The third-order valence-electron chi connectivity index (χ3n) is 9.53. The zero-order valence-electron chi connectivity index (χ0n) is 32.2. The third kappa shape index (κ3) is 14.0. The van der Waals surface area contributed by atoms with Gasteiger partial charge in [0, 0.05) is 51.2 Å². The number of aromatic nitrogens is 2. The quantitative estimate of drug-likeness (QED) is 0.0797. The van der Waals surface area contributed by atoms with Gasteiger partial charge in [-0.1, -0.05) is 44.2 Å². The van der Waals surface area contributed by atoms with Crippen LogP contribution in [0.1, 0.15) is 71.1 Å². The van der Waals surface area contributed by atoms with Crippen LogP contribution in [-0.2, 0) is 55.3 Å². The van der Waals surface area contributed by atoms with Crippen LogP contribution in [0.2, 0.25) is 0 Å². The van der Waals surface area contributed by atoms with Crippen LogP contribution in [-0.4, -0.2) is 115 Å². The van der Waals surface area contributed by atoms with Crippen molar-refractivity contribution in [3.05, 3.63) is 54.1 Å². The molecular weight excluding hydrogens is 751 g/mol. The van der Waals surface area contributed by atoms with Crippen LogP contribution in [0, 0.1) is 17.8 Å². The van der Waals surface area contributed by atoms with Gasteiger partial charge in [0.15, 0.2) is 11.6 Å². The zero-order chi connectivity index (χ0) is 41.6. The second kappa shape index (κ2) is 21.8. The predicted molar refractivity (Wildman–Crippen MR) is 201 cm³/mol. The number of nitrogens with zero attached hydrogens (tertiary/aromatic N) is 3. The van der Waals surface area contributed by atoms with Crippen LogP contribution >= 0.6 is 7.82 Å². The van der Waals surface area contributed by atoms with Crippen LogP contribution in [0.3, 0.4) is 0 Å². The smallest absolute Gasteiger partial charge is 0.394 e. The molecule has 0 spiro atoms. The molecule has 7 N–H and O–H groups in total. The monoisotopic (exact) mass is 806 g/mol. The molecule has 1 fully saturated rings. The summed E-state index contributed by atoms with van der Waals surface area (Å²) in [6, 6.07) is 6.14. The number of carbonyl (C=O) groups is 6. The van der Waals surface area contributed by atoms with E-state index in [4.69, 9.17) is 15.4 Å². The molecule has 3 rings (SSSR count). The van der Waals surface area contributed by atoms with Crippen molar-refractivity contribution in [2.45, 2.75) is 97.0 Å². The average molecular weight is 807 g/mol. The van der Waals surface area contributed by atoms with E-state index < -0.39 is 99.4 Å². The standard InChI is InChI=1S/C37H55N6O12P/c1-23(2)15-30(40-37(51)32-11-8-12-43(32)25(4)46)33(47)17-27(16-28-19-39-22-42(28)20-26-9-6-5-7-10-26)36(50)41-31(21-45)34(48)18-29(35(38)49)24(3)55-56(52,53)54-14-13-44/h5-7,9-10,19,22-24,27,29-32,44-45H,8,11-18,20-21H2,1-4H3,(H2,38,49)(H,40,51)(H,41,50)(H,52,53)/t24-,27-,29+,30+,31+,32+/m1/s1. The van der Waals surface area contributed by atoms with E-state index in [-0.39, 0.29) is 31.1 Å². The fourth-order valence-electron chi connectivity index (χ4n) is 6.61. The van der Waals surface area contributed by atoms with Gasteiger partial charge < -0.3 is 40.9 Å². The van der Waals surface area contributed by atoms with Gasteiger partial charge in [-0.3, -0.25) is 37.8 Å². The lowest BCUT2D eigenvalue weighted by Gasteiger charge is -2.27. The summed E-state index contributed by atoms with van der Waals surface area (Å²) in [5.74, 6) is -6.58. The summed E-state index contributed by atoms with van der Waals surface area (Å²) in [4.78, 5) is 95.1. The Hall–Kier alpha value is -4.32. The van der Waals surface area contributed by atoms with Crippen molar-refractivity contribution in [1.82, 2.24) is 25.1 Å². The molecule has 18 nitrogen and oxygen atoms in total. The first kappa shape index (κ1) is 46.1. The molecule has 7 atom stereocenters. The van der Waals surface area contributed by atoms with Crippen molar-refractivity contribution in [2.24, 2.45) is 23.5 Å². The van der Waals surface area contributed by atoms with Crippen LogP contribution < -0.4 is 16.4 Å². The maximum atomic E-state index is 14.1. The van der Waals surface area contributed by atoms with Crippen molar-refractivity contribution < 1.29 is 57.5 Å². The summed E-state index contributed by atoms with van der Waals surface area (Å²) in [5.41, 5.74) is 7.01. The van der Waals surface area contributed by atoms with E-state index in [0.29, 0.717) is 31.6 Å². The van der Waals surface area contributed by atoms with Crippen molar-refractivity contribution in [3.8, 4) is 0 Å². The van der Waals surface area contributed by atoms with E-state index >= 15 is 0 Å². The van der Waals surface area contributed by atoms with E-state index in [1.807, 2.05) is 48.7 Å². The lowest BCUT2D eigenvalue weighted by Crippen LogP contribution is -2.52. The maximum Gasteiger partial charge on any atom is 0.472 e. The van der Waals surface area contributed by atoms with Gasteiger partial charge in [0.25, 0.3) is 0 Å². The highest BCUT2D eigenvalue weighted by Crippen LogP contribution is 2.45. The summed E-state index contributed by atoms with van der Waals surface area (Å²) in [7, 11) is -4.76. The summed E-state index contributed by atoms with van der Waals surface area (Å²) >= 11 is 0. The normalized spacial score (nSPS) is 18.0. The molecular formula is C37H55N6O12P. The molecule has 1 aliphatic rings. The van der Waals surface area contributed by atoms with Gasteiger partial charge in [0.05, 0.1) is 50.1 Å². The molecule has 310 valence electrons. The average Bonchev–Trinajstić information content (AvgIpc) is 3.81. The maximum absolute atomic E-state index is 14.1. The highest BCUT2D eigenvalue weighted by Gasteiger charge is 2.38. The van der Waals surface area contributed by atoms with Crippen molar-refractivity contribution in [2.75, 3.05) is 26.4 Å². The molecule has 0 radical (unpaired) electrons. The number of rotatable bonds is 24. The number of phosphoric ester groups is 1. The molecule has 2 aromatic rings. The molecule has 0 aliphatic carbocycles. The molecule has 1 aliphatic heterocycles. The summed E-state index contributed by atoms with van der Waals surface area (Å²) in [6.45, 7) is 5.12. The molecule has 1 saturated heterocycles. The first-order valence-corrected chi connectivity index (χ1v) is 20.1. The predicted octanol–water partition coefficient (Wildman–Crippen LogP) is 0.643. The highest BCUT2D eigenvalue weighted by molar-refractivity contribution is 7.47. The Morgan fingerprint density at radius 3 is 2.30 bits per heavy atom. The Balaban J connectivity index is 1.87. The van der Waals surface area contributed by atoms with Crippen LogP contribution in [0.5, 0.6) is 0 Å². The number of carbonyl (C=O) groups excluding carboxylic acids is 6. The Labute approximate surface area is 326 Å². The van der Waals surface area contributed by atoms with Gasteiger partial charge in [-0.2, -0.15) is 0 Å².